The van der Waals surface area contributed by atoms with E-state index < -0.39 is 11.7 Å². The summed E-state index contributed by atoms with van der Waals surface area (Å²) in [4.78, 5) is 12.0. The average molecular weight is 299 g/mol. The third kappa shape index (κ3) is 3.16. The predicted molar refractivity (Wildman–Crippen MR) is 75.2 cm³/mol. The normalized spacial score (nSPS) is 10.3. The van der Waals surface area contributed by atoms with Crippen molar-refractivity contribution in [1.29, 1.82) is 0 Å². The quantitative estimate of drug-likeness (QED) is 0.824. The monoisotopic (exact) mass is 298 g/mol. The van der Waals surface area contributed by atoms with Gasteiger partial charge in [0.1, 0.15) is 5.82 Å². The smallest absolute Gasteiger partial charge is 0.257 e. The molecule has 19 heavy (non-hydrogen) atoms. The molecule has 0 aliphatic carbocycles. The number of halogens is 3. The zero-order valence-electron chi connectivity index (χ0n) is 9.58. The van der Waals surface area contributed by atoms with Gasteiger partial charge >= 0.3 is 0 Å². The van der Waals surface area contributed by atoms with Crippen LogP contribution < -0.4 is 11.1 Å². The van der Waals surface area contributed by atoms with Crippen molar-refractivity contribution in [1.82, 2.24) is 0 Å². The van der Waals surface area contributed by atoms with E-state index in [-0.39, 0.29) is 11.3 Å². The van der Waals surface area contributed by atoms with Crippen molar-refractivity contribution < 1.29 is 9.18 Å². The Morgan fingerprint density at radius 1 is 1.16 bits per heavy atom. The highest BCUT2D eigenvalue weighted by Gasteiger charge is 2.12. The summed E-state index contributed by atoms with van der Waals surface area (Å²) in [5, 5.41) is 3.35. The second kappa shape index (κ2) is 5.47. The minimum atomic E-state index is -0.505. The van der Waals surface area contributed by atoms with Crippen LogP contribution in [-0.4, -0.2) is 5.91 Å². The number of nitrogen functional groups attached to an aromatic ring is 1. The van der Waals surface area contributed by atoms with Crippen molar-refractivity contribution in [3.63, 3.8) is 0 Å². The number of carbonyl (C=O) groups is 1. The van der Waals surface area contributed by atoms with Crippen LogP contribution in [0, 0.1) is 5.82 Å². The van der Waals surface area contributed by atoms with Gasteiger partial charge in [-0.25, -0.2) is 4.39 Å². The minimum Gasteiger partial charge on any atom is -0.398 e. The molecule has 1 amide bonds. The summed E-state index contributed by atoms with van der Waals surface area (Å²) in [7, 11) is 0. The maximum atomic E-state index is 12.9. The maximum Gasteiger partial charge on any atom is 0.257 e. The summed E-state index contributed by atoms with van der Waals surface area (Å²) in [5.41, 5.74) is 6.16. The van der Waals surface area contributed by atoms with Crippen molar-refractivity contribution in [2.24, 2.45) is 0 Å². The number of benzene rings is 2. The van der Waals surface area contributed by atoms with Crippen LogP contribution in [0.15, 0.2) is 36.4 Å². The van der Waals surface area contributed by atoms with E-state index in [1.807, 2.05) is 0 Å². The van der Waals surface area contributed by atoms with Gasteiger partial charge in [-0.3, -0.25) is 4.79 Å². The summed E-state index contributed by atoms with van der Waals surface area (Å²) in [6.07, 6.45) is 0. The van der Waals surface area contributed by atoms with Gasteiger partial charge in [-0.1, -0.05) is 23.2 Å². The topological polar surface area (TPSA) is 55.1 Å². The van der Waals surface area contributed by atoms with Crippen LogP contribution in [-0.2, 0) is 0 Å². The van der Waals surface area contributed by atoms with Gasteiger partial charge in [0.2, 0.25) is 0 Å². The number of hydrogen-bond acceptors (Lipinski definition) is 2. The molecule has 0 unspecified atom stereocenters. The number of amides is 1. The molecule has 3 N–H and O–H groups in total. The number of nitrogens with one attached hydrogen (secondary N) is 1. The van der Waals surface area contributed by atoms with Crippen LogP contribution in [0.4, 0.5) is 15.8 Å². The highest BCUT2D eigenvalue weighted by atomic mass is 35.5. The molecule has 0 bridgehead atoms. The summed E-state index contributed by atoms with van der Waals surface area (Å²) in [5.74, 6) is -0.989. The lowest BCUT2D eigenvalue weighted by Gasteiger charge is -2.09. The standard InChI is InChI=1S/C13H9Cl2FN2O/c14-7-1-4-10(15)12(5-7)18-13(19)9-3-2-8(16)6-11(9)17/h1-6H,17H2,(H,18,19). The van der Waals surface area contributed by atoms with Crippen molar-refractivity contribution in [3.8, 4) is 0 Å². The maximum absolute atomic E-state index is 12.9. The minimum absolute atomic E-state index is 0.0515. The molecule has 0 atom stereocenters. The van der Waals surface area contributed by atoms with Crippen LogP contribution >= 0.6 is 23.2 Å². The Kier molecular flexibility index (Phi) is 3.93. The molecule has 2 aromatic carbocycles. The first kappa shape index (κ1) is 13.6. The summed E-state index contributed by atoms with van der Waals surface area (Å²) in [6.45, 7) is 0. The number of hydrogen-bond donors (Lipinski definition) is 2. The van der Waals surface area contributed by atoms with E-state index in [9.17, 15) is 9.18 Å². The molecule has 0 spiro atoms. The Labute approximate surface area is 119 Å². The SMILES string of the molecule is Nc1cc(F)ccc1C(=O)Nc1cc(Cl)ccc1Cl. The van der Waals surface area contributed by atoms with Crippen molar-refractivity contribution in [2.45, 2.75) is 0 Å². The van der Waals surface area contributed by atoms with Crippen LogP contribution in [0.3, 0.4) is 0 Å². The fourth-order valence-electron chi connectivity index (χ4n) is 1.52. The van der Waals surface area contributed by atoms with E-state index in [1.165, 1.54) is 12.1 Å². The Hall–Kier alpha value is -1.78. The summed E-state index contributed by atoms with van der Waals surface area (Å²) >= 11 is 11.7. The Morgan fingerprint density at radius 3 is 2.58 bits per heavy atom. The lowest BCUT2D eigenvalue weighted by molar-refractivity contribution is 0.102. The summed E-state index contributed by atoms with van der Waals surface area (Å²) < 4.78 is 12.9. The third-order valence-corrected chi connectivity index (χ3v) is 3.00. The molecule has 6 heteroatoms. The molecule has 98 valence electrons. The van der Waals surface area contributed by atoms with Crippen LogP contribution in [0.25, 0.3) is 0 Å². The van der Waals surface area contributed by atoms with E-state index in [0.29, 0.717) is 15.7 Å². The van der Waals surface area contributed by atoms with Crippen LogP contribution in [0.2, 0.25) is 10.0 Å². The van der Waals surface area contributed by atoms with Gasteiger partial charge in [-0.05, 0) is 36.4 Å². The second-order valence-electron chi connectivity index (χ2n) is 3.81. The number of rotatable bonds is 2. The first-order chi connectivity index (χ1) is 8.97. The van der Waals surface area contributed by atoms with Crippen molar-refractivity contribution >= 4 is 40.5 Å². The molecular formula is C13H9Cl2FN2O. The van der Waals surface area contributed by atoms with E-state index in [2.05, 4.69) is 5.32 Å². The molecule has 0 aliphatic rings. The largest absolute Gasteiger partial charge is 0.398 e. The third-order valence-electron chi connectivity index (χ3n) is 2.43. The fourth-order valence-corrected chi connectivity index (χ4v) is 1.86. The van der Waals surface area contributed by atoms with Gasteiger partial charge in [0, 0.05) is 10.7 Å². The molecule has 0 saturated carbocycles. The number of nitrogens with two attached hydrogens (primary N) is 1. The van der Waals surface area contributed by atoms with E-state index >= 15 is 0 Å². The van der Waals surface area contributed by atoms with Gasteiger partial charge in [-0.2, -0.15) is 0 Å². The first-order valence-corrected chi connectivity index (χ1v) is 6.04. The van der Waals surface area contributed by atoms with E-state index in [1.54, 1.807) is 12.1 Å². The molecule has 0 fully saturated rings. The van der Waals surface area contributed by atoms with Gasteiger partial charge in [0.15, 0.2) is 0 Å². The average Bonchev–Trinajstić information content (AvgIpc) is 2.33. The van der Waals surface area contributed by atoms with Crippen molar-refractivity contribution in [3.05, 3.63) is 57.8 Å². The fraction of sp³-hybridized carbons (Fsp3) is 0. The van der Waals surface area contributed by atoms with Gasteiger partial charge < -0.3 is 11.1 Å². The molecule has 2 aromatic rings. The molecular weight excluding hydrogens is 290 g/mol. The first-order valence-electron chi connectivity index (χ1n) is 5.29. The Bertz CT molecular complexity index is 647. The zero-order chi connectivity index (χ0) is 14.0. The van der Waals surface area contributed by atoms with E-state index in [4.69, 9.17) is 28.9 Å². The highest BCUT2D eigenvalue weighted by Crippen LogP contribution is 2.26. The predicted octanol–water partition coefficient (Wildman–Crippen LogP) is 3.97. The second-order valence-corrected chi connectivity index (χ2v) is 4.65. The number of anilines is 2. The van der Waals surface area contributed by atoms with Gasteiger partial charge in [0.25, 0.3) is 5.91 Å². The molecule has 3 nitrogen and oxygen atoms in total. The zero-order valence-corrected chi connectivity index (χ0v) is 11.1. The molecule has 0 heterocycles. The van der Waals surface area contributed by atoms with Crippen LogP contribution in [0.1, 0.15) is 10.4 Å². The van der Waals surface area contributed by atoms with Crippen LogP contribution in [0.5, 0.6) is 0 Å². The van der Waals surface area contributed by atoms with Gasteiger partial charge in [-0.15, -0.1) is 0 Å². The molecule has 0 aromatic heterocycles. The molecule has 2 rings (SSSR count). The van der Waals surface area contributed by atoms with Crippen molar-refractivity contribution in [2.75, 3.05) is 11.1 Å². The van der Waals surface area contributed by atoms with Gasteiger partial charge in [0.05, 0.1) is 16.3 Å². The number of carbonyl (C=O) groups excluding carboxylic acids is 1. The highest BCUT2D eigenvalue weighted by molar-refractivity contribution is 6.36. The molecule has 0 aliphatic heterocycles. The lowest BCUT2D eigenvalue weighted by Crippen LogP contribution is -2.14. The Balaban J connectivity index is 2.28. The Morgan fingerprint density at radius 2 is 1.89 bits per heavy atom. The molecule has 0 saturated heterocycles. The summed E-state index contributed by atoms with van der Waals surface area (Å²) in [6, 6.07) is 8.22. The lowest BCUT2D eigenvalue weighted by atomic mass is 10.1. The molecule has 0 radical (unpaired) electrons. The van der Waals surface area contributed by atoms with E-state index in [0.717, 1.165) is 12.1 Å².